The molecule has 3 aliphatic rings. The van der Waals surface area contributed by atoms with Crippen LogP contribution in [0.3, 0.4) is 0 Å². The van der Waals surface area contributed by atoms with E-state index in [0.717, 1.165) is 12.8 Å². The summed E-state index contributed by atoms with van der Waals surface area (Å²) in [6.45, 7) is 9.68. The van der Waals surface area contributed by atoms with Gasteiger partial charge in [0.1, 0.15) is 17.8 Å². The molecule has 0 amide bonds. The summed E-state index contributed by atoms with van der Waals surface area (Å²) < 4.78 is 17.0. The Morgan fingerprint density at radius 3 is 2.96 bits per heavy atom. The fraction of sp³-hybridized carbons (Fsp3) is 0.667. The highest BCUT2D eigenvalue weighted by molar-refractivity contribution is 5.91. The monoisotopic (exact) mass is 320 g/mol. The van der Waals surface area contributed by atoms with Crippen molar-refractivity contribution in [2.24, 2.45) is 5.92 Å². The molecule has 0 aromatic rings. The van der Waals surface area contributed by atoms with Crippen molar-refractivity contribution in [3.05, 3.63) is 23.8 Å². The van der Waals surface area contributed by atoms with Gasteiger partial charge in [-0.3, -0.25) is 4.79 Å². The van der Waals surface area contributed by atoms with Gasteiger partial charge in [-0.2, -0.15) is 0 Å². The average Bonchev–Trinajstić information content (AvgIpc) is 3.11. The van der Waals surface area contributed by atoms with Gasteiger partial charge in [0.15, 0.2) is 0 Å². The Hall–Kier alpha value is -1.62. The minimum Gasteiger partial charge on any atom is -0.459 e. The molecule has 126 valence electrons. The van der Waals surface area contributed by atoms with Gasteiger partial charge < -0.3 is 14.2 Å². The molecule has 2 aliphatic heterocycles. The second kappa shape index (κ2) is 5.78. The third kappa shape index (κ3) is 2.94. The van der Waals surface area contributed by atoms with E-state index in [1.807, 2.05) is 19.9 Å². The zero-order valence-corrected chi connectivity index (χ0v) is 14.0. The van der Waals surface area contributed by atoms with Crippen molar-refractivity contribution in [3.63, 3.8) is 0 Å². The summed E-state index contributed by atoms with van der Waals surface area (Å²) in [5.74, 6) is -0.782. The number of carbonyl (C=O) groups excluding carboxylic acids is 2. The van der Waals surface area contributed by atoms with E-state index in [-0.39, 0.29) is 36.2 Å². The van der Waals surface area contributed by atoms with E-state index in [1.54, 1.807) is 6.92 Å². The number of rotatable bonds is 2. The van der Waals surface area contributed by atoms with Gasteiger partial charge in [0.25, 0.3) is 0 Å². The molecule has 5 atom stereocenters. The Morgan fingerprint density at radius 1 is 1.52 bits per heavy atom. The normalized spacial score (nSPS) is 42.0. The largest absolute Gasteiger partial charge is 0.459 e. The summed E-state index contributed by atoms with van der Waals surface area (Å²) in [7, 11) is 0. The molecule has 0 unspecified atom stereocenters. The van der Waals surface area contributed by atoms with E-state index in [4.69, 9.17) is 14.2 Å². The van der Waals surface area contributed by atoms with Gasteiger partial charge in [0, 0.05) is 17.9 Å². The van der Waals surface area contributed by atoms with Gasteiger partial charge in [-0.25, -0.2) is 4.79 Å². The zero-order valence-electron chi connectivity index (χ0n) is 14.0. The number of ether oxygens (including phenoxy) is 3. The van der Waals surface area contributed by atoms with Crippen molar-refractivity contribution in [1.82, 2.24) is 0 Å². The predicted octanol–water partition coefficient (Wildman–Crippen LogP) is 2.69. The standard InChI is InChI=1S/C18H24O5/c1-5-16(19)22-15-9-12-11(3)17(20)21-13(12)8-10(2)6-7-14-18(15,4)23-14/h8,12-15H,3,5-7,9H2,1-2,4H3/b10-8+/t12-,13+,14-,15-,18-/m0/s1. The second-order valence-corrected chi connectivity index (χ2v) is 6.91. The van der Waals surface area contributed by atoms with Crippen molar-refractivity contribution in [1.29, 1.82) is 0 Å². The summed E-state index contributed by atoms with van der Waals surface area (Å²) in [5, 5.41) is 0. The predicted molar refractivity (Wildman–Crippen MR) is 83.6 cm³/mol. The first-order valence-corrected chi connectivity index (χ1v) is 8.29. The molecular weight excluding hydrogens is 296 g/mol. The molecule has 0 N–H and O–H groups in total. The Bertz CT molecular complexity index is 578. The molecule has 0 aromatic carbocycles. The van der Waals surface area contributed by atoms with Gasteiger partial charge >= 0.3 is 11.9 Å². The number of hydrogen-bond donors (Lipinski definition) is 0. The molecule has 2 heterocycles. The van der Waals surface area contributed by atoms with Crippen molar-refractivity contribution < 1.29 is 23.8 Å². The second-order valence-electron chi connectivity index (χ2n) is 6.91. The van der Waals surface area contributed by atoms with Gasteiger partial charge in [-0.15, -0.1) is 0 Å². The van der Waals surface area contributed by atoms with Crippen molar-refractivity contribution in [2.75, 3.05) is 0 Å². The number of esters is 2. The van der Waals surface area contributed by atoms with E-state index in [1.165, 1.54) is 5.57 Å². The van der Waals surface area contributed by atoms with Crippen LogP contribution >= 0.6 is 0 Å². The van der Waals surface area contributed by atoms with E-state index in [9.17, 15) is 9.59 Å². The number of hydrogen-bond acceptors (Lipinski definition) is 5. The van der Waals surface area contributed by atoms with Crippen LogP contribution in [0.25, 0.3) is 0 Å². The molecule has 2 fully saturated rings. The Morgan fingerprint density at radius 2 is 2.26 bits per heavy atom. The number of carbonyl (C=O) groups is 2. The highest BCUT2D eigenvalue weighted by Crippen LogP contribution is 2.48. The third-order valence-corrected chi connectivity index (χ3v) is 5.25. The van der Waals surface area contributed by atoms with Crippen LogP contribution in [0.2, 0.25) is 0 Å². The number of fused-ring (bicyclic) bond motifs is 2. The number of epoxide rings is 1. The van der Waals surface area contributed by atoms with E-state index in [0.29, 0.717) is 18.4 Å². The molecule has 23 heavy (non-hydrogen) atoms. The molecule has 5 heteroatoms. The maximum Gasteiger partial charge on any atom is 0.334 e. The Balaban J connectivity index is 1.90. The molecule has 5 nitrogen and oxygen atoms in total. The van der Waals surface area contributed by atoms with Crippen LogP contribution in [0.1, 0.15) is 46.5 Å². The maximum absolute atomic E-state index is 11.9. The minimum atomic E-state index is -0.473. The Kier molecular flexibility index (Phi) is 4.08. The highest BCUT2D eigenvalue weighted by atomic mass is 16.6. The molecule has 2 saturated heterocycles. The maximum atomic E-state index is 11.9. The molecule has 3 rings (SSSR count). The summed E-state index contributed by atoms with van der Waals surface area (Å²) in [4.78, 5) is 23.7. The van der Waals surface area contributed by atoms with Crippen molar-refractivity contribution in [2.45, 2.75) is 70.4 Å². The highest BCUT2D eigenvalue weighted by Gasteiger charge is 2.60. The lowest BCUT2D eigenvalue weighted by molar-refractivity contribution is -0.153. The quantitative estimate of drug-likeness (QED) is 0.339. The molecule has 1 aliphatic carbocycles. The van der Waals surface area contributed by atoms with Crippen LogP contribution in [0.5, 0.6) is 0 Å². The molecule has 0 saturated carbocycles. The van der Waals surface area contributed by atoms with Crippen molar-refractivity contribution >= 4 is 11.9 Å². The van der Waals surface area contributed by atoms with E-state index < -0.39 is 5.60 Å². The summed E-state index contributed by atoms with van der Waals surface area (Å²) in [6, 6.07) is 0. The zero-order chi connectivity index (χ0) is 16.8. The molecule has 0 aromatic heterocycles. The van der Waals surface area contributed by atoms with Crippen LogP contribution < -0.4 is 0 Å². The lowest BCUT2D eigenvalue weighted by Crippen LogP contribution is -2.37. The van der Waals surface area contributed by atoms with Crippen LogP contribution in [0, 0.1) is 5.92 Å². The lowest BCUT2D eigenvalue weighted by atomic mass is 9.83. The summed E-state index contributed by atoms with van der Waals surface area (Å²) in [6.07, 6.45) is 3.96. The fourth-order valence-corrected chi connectivity index (χ4v) is 3.55. The summed E-state index contributed by atoms with van der Waals surface area (Å²) >= 11 is 0. The van der Waals surface area contributed by atoms with Crippen LogP contribution in [-0.4, -0.2) is 35.9 Å². The van der Waals surface area contributed by atoms with Crippen molar-refractivity contribution in [3.8, 4) is 0 Å². The molecule has 0 spiro atoms. The van der Waals surface area contributed by atoms with Gasteiger partial charge in [0.05, 0.1) is 6.10 Å². The summed E-state index contributed by atoms with van der Waals surface area (Å²) in [5.41, 5.74) is 1.17. The van der Waals surface area contributed by atoms with Gasteiger partial charge in [-0.1, -0.05) is 19.1 Å². The van der Waals surface area contributed by atoms with Crippen LogP contribution in [0.4, 0.5) is 0 Å². The topological polar surface area (TPSA) is 65.1 Å². The van der Waals surface area contributed by atoms with E-state index >= 15 is 0 Å². The fourth-order valence-electron chi connectivity index (χ4n) is 3.55. The van der Waals surface area contributed by atoms with Crippen LogP contribution in [0.15, 0.2) is 23.8 Å². The Labute approximate surface area is 136 Å². The van der Waals surface area contributed by atoms with E-state index in [2.05, 4.69) is 6.58 Å². The molecule has 0 bridgehead atoms. The molecule has 0 radical (unpaired) electrons. The molecular formula is C18H24O5. The third-order valence-electron chi connectivity index (χ3n) is 5.25. The van der Waals surface area contributed by atoms with Gasteiger partial charge in [0.2, 0.25) is 0 Å². The minimum absolute atomic E-state index is 0.0864. The average molecular weight is 320 g/mol. The first-order valence-electron chi connectivity index (χ1n) is 8.29. The van der Waals surface area contributed by atoms with Crippen LogP contribution in [-0.2, 0) is 23.8 Å². The lowest BCUT2D eigenvalue weighted by Gasteiger charge is -2.27. The first kappa shape index (κ1) is 16.2. The van der Waals surface area contributed by atoms with Gasteiger partial charge in [-0.05, 0) is 39.2 Å². The SMILES string of the molecule is C=C1C(=O)O[C@@H]2/C=C(\C)CC[C@@H]3O[C@]3(C)[C@@H](OC(=O)CC)C[C@@H]12. The number of allylic oxidation sites excluding steroid dienone is 1. The first-order chi connectivity index (χ1) is 10.8. The smallest absolute Gasteiger partial charge is 0.334 e.